The maximum atomic E-state index is 12.4. The lowest BCUT2D eigenvalue weighted by atomic mass is 10.3. The predicted molar refractivity (Wildman–Crippen MR) is 83.6 cm³/mol. The van der Waals surface area contributed by atoms with Gasteiger partial charge < -0.3 is 5.32 Å². The molecule has 0 amide bonds. The number of rotatable bonds is 8. The Kier molecular flexibility index (Phi) is 5.51. The van der Waals surface area contributed by atoms with E-state index >= 15 is 0 Å². The highest BCUT2D eigenvalue weighted by Crippen LogP contribution is 2.21. The summed E-state index contributed by atoms with van der Waals surface area (Å²) in [6, 6.07) is 3.55. The molecule has 3 N–H and O–H groups in total. The van der Waals surface area contributed by atoms with Crippen molar-refractivity contribution >= 4 is 21.4 Å². The van der Waals surface area contributed by atoms with E-state index < -0.39 is 10.0 Å². The molecule has 0 aliphatic heterocycles. The molecule has 2 aromatic rings. The van der Waals surface area contributed by atoms with Crippen molar-refractivity contribution in [1.29, 1.82) is 0 Å². The molecule has 0 spiro atoms. The number of aromatic nitrogens is 2. The second-order valence-corrected chi connectivity index (χ2v) is 7.39. The molecule has 0 saturated heterocycles. The average molecular weight is 328 g/mol. The van der Waals surface area contributed by atoms with E-state index in [1.807, 2.05) is 24.4 Å². The first-order chi connectivity index (χ1) is 10.0. The van der Waals surface area contributed by atoms with Crippen LogP contribution in [0.25, 0.3) is 0 Å². The standard InChI is InChI=1S/C13H20N4O2S2/c1-3-6-14-8-11-9-15-16-13(11)21(18,19)17-10(2)12-5-4-7-20-12/h4-5,7,9-10,14,17H,3,6,8H2,1-2H3,(H,15,16). The first-order valence-electron chi connectivity index (χ1n) is 6.83. The largest absolute Gasteiger partial charge is 0.313 e. The summed E-state index contributed by atoms with van der Waals surface area (Å²) in [5, 5.41) is 11.7. The van der Waals surface area contributed by atoms with Crippen molar-refractivity contribution in [2.75, 3.05) is 6.54 Å². The molecule has 0 aliphatic rings. The normalized spacial score (nSPS) is 13.4. The van der Waals surface area contributed by atoms with Crippen molar-refractivity contribution in [3.8, 4) is 0 Å². The Labute approximate surface area is 129 Å². The van der Waals surface area contributed by atoms with Gasteiger partial charge in [-0.2, -0.15) is 5.10 Å². The van der Waals surface area contributed by atoms with Gasteiger partial charge in [0, 0.05) is 17.0 Å². The number of thiophene rings is 1. The lowest BCUT2D eigenvalue weighted by molar-refractivity contribution is 0.561. The minimum atomic E-state index is -3.61. The SMILES string of the molecule is CCCNCc1cn[nH]c1S(=O)(=O)NC(C)c1cccs1. The number of hydrogen-bond donors (Lipinski definition) is 3. The van der Waals surface area contributed by atoms with Gasteiger partial charge in [0.2, 0.25) is 0 Å². The van der Waals surface area contributed by atoms with Gasteiger partial charge in [-0.1, -0.05) is 13.0 Å². The fraction of sp³-hybridized carbons (Fsp3) is 0.462. The second kappa shape index (κ2) is 7.17. The van der Waals surface area contributed by atoms with Crippen LogP contribution in [0.5, 0.6) is 0 Å². The number of hydrogen-bond acceptors (Lipinski definition) is 5. The fourth-order valence-electron chi connectivity index (χ4n) is 1.95. The van der Waals surface area contributed by atoms with Crippen molar-refractivity contribution in [1.82, 2.24) is 20.2 Å². The van der Waals surface area contributed by atoms with Crippen LogP contribution in [0.3, 0.4) is 0 Å². The summed E-state index contributed by atoms with van der Waals surface area (Å²) in [6.07, 6.45) is 2.54. The first-order valence-corrected chi connectivity index (χ1v) is 9.19. The van der Waals surface area contributed by atoms with Gasteiger partial charge in [0.05, 0.1) is 12.2 Å². The molecule has 0 bridgehead atoms. The van der Waals surface area contributed by atoms with Crippen molar-refractivity contribution in [2.45, 2.75) is 37.9 Å². The van der Waals surface area contributed by atoms with Crippen LogP contribution in [0.15, 0.2) is 28.7 Å². The number of nitrogens with zero attached hydrogens (tertiary/aromatic N) is 1. The Balaban J connectivity index is 2.11. The monoisotopic (exact) mass is 328 g/mol. The van der Waals surface area contributed by atoms with Crippen LogP contribution in [0, 0.1) is 0 Å². The molecule has 0 radical (unpaired) electrons. The summed E-state index contributed by atoms with van der Waals surface area (Å²) in [6.45, 7) is 5.21. The topological polar surface area (TPSA) is 86.9 Å². The minimum absolute atomic E-state index is 0.134. The highest BCUT2D eigenvalue weighted by molar-refractivity contribution is 7.89. The molecule has 116 valence electrons. The van der Waals surface area contributed by atoms with Crippen LogP contribution in [-0.4, -0.2) is 25.2 Å². The Morgan fingerprint density at radius 1 is 1.48 bits per heavy atom. The van der Waals surface area contributed by atoms with Gasteiger partial charge in [-0.25, -0.2) is 13.1 Å². The highest BCUT2D eigenvalue weighted by atomic mass is 32.2. The van der Waals surface area contributed by atoms with E-state index in [-0.39, 0.29) is 11.1 Å². The van der Waals surface area contributed by atoms with E-state index in [9.17, 15) is 8.42 Å². The zero-order valence-corrected chi connectivity index (χ0v) is 13.7. The van der Waals surface area contributed by atoms with E-state index in [1.54, 1.807) is 6.20 Å². The van der Waals surface area contributed by atoms with Crippen LogP contribution < -0.4 is 10.0 Å². The predicted octanol–water partition coefficient (Wildman–Crippen LogP) is 2.01. The molecule has 1 unspecified atom stereocenters. The van der Waals surface area contributed by atoms with Crippen LogP contribution in [0.4, 0.5) is 0 Å². The van der Waals surface area contributed by atoms with E-state index in [2.05, 4.69) is 27.2 Å². The third-order valence-electron chi connectivity index (χ3n) is 2.99. The fourth-order valence-corrected chi connectivity index (χ4v) is 4.11. The Hall–Kier alpha value is -1.22. The van der Waals surface area contributed by atoms with Crippen molar-refractivity contribution in [2.24, 2.45) is 0 Å². The molecule has 2 aromatic heterocycles. The minimum Gasteiger partial charge on any atom is -0.313 e. The van der Waals surface area contributed by atoms with Crippen LogP contribution in [-0.2, 0) is 16.6 Å². The zero-order valence-electron chi connectivity index (χ0n) is 12.1. The number of H-pyrrole nitrogens is 1. The molecular formula is C13H20N4O2S2. The number of sulfonamides is 1. The molecule has 0 saturated carbocycles. The molecule has 0 aliphatic carbocycles. The van der Waals surface area contributed by atoms with Crippen molar-refractivity contribution in [3.05, 3.63) is 34.2 Å². The Morgan fingerprint density at radius 3 is 2.95 bits per heavy atom. The van der Waals surface area contributed by atoms with Crippen molar-refractivity contribution in [3.63, 3.8) is 0 Å². The van der Waals surface area contributed by atoms with E-state index in [1.165, 1.54) is 11.3 Å². The van der Waals surface area contributed by atoms with Gasteiger partial charge in [0.15, 0.2) is 5.03 Å². The maximum Gasteiger partial charge on any atom is 0.258 e. The molecular weight excluding hydrogens is 308 g/mol. The van der Waals surface area contributed by atoms with Crippen LogP contribution >= 0.6 is 11.3 Å². The van der Waals surface area contributed by atoms with E-state index in [0.29, 0.717) is 12.1 Å². The Morgan fingerprint density at radius 2 is 2.29 bits per heavy atom. The summed E-state index contributed by atoms with van der Waals surface area (Å²) >= 11 is 1.52. The quantitative estimate of drug-likeness (QED) is 0.647. The smallest absolute Gasteiger partial charge is 0.258 e. The molecule has 6 nitrogen and oxygen atoms in total. The molecule has 0 aromatic carbocycles. The summed E-state index contributed by atoms with van der Waals surface area (Å²) in [5.74, 6) is 0. The van der Waals surface area contributed by atoms with Gasteiger partial charge in [0.25, 0.3) is 10.0 Å². The van der Waals surface area contributed by atoms with Crippen LogP contribution in [0.2, 0.25) is 0 Å². The molecule has 2 rings (SSSR count). The first kappa shape index (κ1) is 16.2. The van der Waals surface area contributed by atoms with E-state index in [0.717, 1.165) is 17.8 Å². The van der Waals surface area contributed by atoms with Crippen LogP contribution in [0.1, 0.15) is 36.8 Å². The van der Waals surface area contributed by atoms with Gasteiger partial charge in [-0.3, -0.25) is 5.10 Å². The second-order valence-electron chi connectivity index (χ2n) is 4.76. The Bertz CT molecular complexity index is 650. The zero-order chi connectivity index (χ0) is 15.3. The lowest BCUT2D eigenvalue weighted by Gasteiger charge is -2.13. The van der Waals surface area contributed by atoms with Crippen molar-refractivity contribution < 1.29 is 8.42 Å². The van der Waals surface area contributed by atoms with Gasteiger partial charge in [-0.15, -0.1) is 11.3 Å². The summed E-state index contributed by atoms with van der Waals surface area (Å²) in [7, 11) is -3.61. The van der Waals surface area contributed by atoms with Gasteiger partial charge in [0.1, 0.15) is 0 Å². The third-order valence-corrected chi connectivity index (χ3v) is 5.60. The molecule has 1 atom stereocenters. The summed E-state index contributed by atoms with van der Waals surface area (Å²) in [4.78, 5) is 0.976. The maximum absolute atomic E-state index is 12.4. The number of nitrogens with one attached hydrogen (secondary N) is 3. The van der Waals surface area contributed by atoms with E-state index in [4.69, 9.17) is 0 Å². The van der Waals surface area contributed by atoms with Gasteiger partial charge >= 0.3 is 0 Å². The average Bonchev–Trinajstić information content (AvgIpc) is 3.10. The molecule has 2 heterocycles. The molecule has 0 fully saturated rings. The molecule has 8 heteroatoms. The third kappa shape index (κ3) is 4.13. The van der Waals surface area contributed by atoms with Gasteiger partial charge in [-0.05, 0) is 31.3 Å². The summed E-state index contributed by atoms with van der Waals surface area (Å²) < 4.78 is 27.6. The molecule has 21 heavy (non-hydrogen) atoms. The lowest BCUT2D eigenvalue weighted by Crippen LogP contribution is -2.28. The highest BCUT2D eigenvalue weighted by Gasteiger charge is 2.23. The number of aromatic amines is 1. The summed E-state index contributed by atoms with van der Waals surface area (Å²) in [5.41, 5.74) is 0.648.